The second kappa shape index (κ2) is 12.8. The van der Waals surface area contributed by atoms with E-state index in [1.807, 2.05) is 51.7 Å². The molecule has 1 amide bonds. The van der Waals surface area contributed by atoms with Crippen LogP contribution in [0.3, 0.4) is 0 Å². The number of likely N-dealkylation sites (N-methyl/N-ethyl adjacent to an activating group) is 2. The van der Waals surface area contributed by atoms with Crippen molar-refractivity contribution >= 4 is 41.5 Å². The lowest BCUT2D eigenvalue weighted by Crippen LogP contribution is -2.45. The molecule has 0 saturated carbocycles. The number of carbonyl (C=O) groups excluding carboxylic acids is 1. The number of hydrogen-bond acceptors (Lipinski definition) is 3. The first-order valence-corrected chi connectivity index (χ1v) is 8.96. The second-order valence-corrected chi connectivity index (χ2v) is 6.15. The van der Waals surface area contributed by atoms with E-state index >= 15 is 0 Å². The van der Waals surface area contributed by atoms with Crippen molar-refractivity contribution in [3.8, 4) is 0 Å². The van der Waals surface area contributed by atoms with Crippen molar-refractivity contribution in [2.45, 2.75) is 27.3 Å². The van der Waals surface area contributed by atoms with Gasteiger partial charge in [-0.25, -0.2) is 4.99 Å². The monoisotopic (exact) mass is 475 g/mol. The van der Waals surface area contributed by atoms with Gasteiger partial charge in [-0.2, -0.15) is 0 Å². The Kier molecular flexibility index (Phi) is 12.0. The molecule has 0 unspecified atom stereocenters. The Bertz CT molecular complexity index is 556. The maximum absolute atomic E-state index is 12.3. The molecule has 0 aliphatic heterocycles. The largest absolute Gasteiger partial charge is 0.378 e. The lowest BCUT2D eigenvalue weighted by atomic mass is 10.2. The Hall–Kier alpha value is -1.51. The number of halogens is 1. The standard InChI is InChI=1S/C19H33N5O.HI/c1-7-20-19(23(6)15-18(25)24(8-2)9-3)21-14-16-10-12-17(13-11-16)22(4)5;/h10-13H,7-9,14-15H2,1-6H3,(H,20,21);1H. The molecule has 0 spiro atoms. The molecule has 1 aromatic rings. The molecule has 0 heterocycles. The maximum Gasteiger partial charge on any atom is 0.242 e. The number of carbonyl (C=O) groups is 1. The van der Waals surface area contributed by atoms with E-state index in [1.165, 1.54) is 5.69 Å². The van der Waals surface area contributed by atoms with E-state index in [-0.39, 0.29) is 29.9 Å². The fraction of sp³-hybridized carbons (Fsp3) is 0.579. The third-order valence-electron chi connectivity index (χ3n) is 4.05. The van der Waals surface area contributed by atoms with Gasteiger partial charge < -0.3 is 20.0 Å². The van der Waals surface area contributed by atoms with Crippen molar-refractivity contribution in [1.82, 2.24) is 15.1 Å². The predicted octanol–water partition coefficient (Wildman–Crippen LogP) is 2.64. The molecule has 1 aromatic carbocycles. The molecule has 1 N–H and O–H groups in total. The van der Waals surface area contributed by atoms with Gasteiger partial charge in [0, 0.05) is 46.5 Å². The number of benzene rings is 1. The Balaban J connectivity index is 0.00000625. The van der Waals surface area contributed by atoms with Crippen LogP contribution < -0.4 is 10.2 Å². The maximum atomic E-state index is 12.3. The summed E-state index contributed by atoms with van der Waals surface area (Å²) in [7, 11) is 5.95. The lowest BCUT2D eigenvalue weighted by molar-refractivity contribution is -0.131. The normalized spacial score (nSPS) is 10.8. The third-order valence-corrected chi connectivity index (χ3v) is 4.05. The topological polar surface area (TPSA) is 51.2 Å². The van der Waals surface area contributed by atoms with Crippen molar-refractivity contribution in [1.29, 1.82) is 0 Å². The van der Waals surface area contributed by atoms with Gasteiger partial charge in [-0.1, -0.05) is 12.1 Å². The molecule has 26 heavy (non-hydrogen) atoms. The minimum atomic E-state index is 0. The molecule has 0 fully saturated rings. The Morgan fingerprint density at radius 2 is 1.62 bits per heavy atom. The van der Waals surface area contributed by atoms with Gasteiger partial charge in [0.05, 0.1) is 13.1 Å². The van der Waals surface area contributed by atoms with Crippen LogP contribution in [0.25, 0.3) is 0 Å². The fourth-order valence-electron chi connectivity index (χ4n) is 2.49. The van der Waals surface area contributed by atoms with Crippen LogP contribution in [-0.4, -0.2) is 69.0 Å². The van der Waals surface area contributed by atoms with Gasteiger partial charge in [-0.15, -0.1) is 24.0 Å². The molecular formula is C19H34IN5O. The van der Waals surface area contributed by atoms with Crippen LogP contribution in [0, 0.1) is 0 Å². The van der Waals surface area contributed by atoms with Crippen LogP contribution in [0.2, 0.25) is 0 Å². The number of guanidine groups is 1. The van der Waals surface area contributed by atoms with Crippen molar-refractivity contribution < 1.29 is 4.79 Å². The molecule has 0 aromatic heterocycles. The smallest absolute Gasteiger partial charge is 0.242 e. The van der Waals surface area contributed by atoms with Gasteiger partial charge >= 0.3 is 0 Å². The second-order valence-electron chi connectivity index (χ2n) is 6.15. The quantitative estimate of drug-likeness (QED) is 0.357. The number of aliphatic imine (C=N–C) groups is 1. The summed E-state index contributed by atoms with van der Waals surface area (Å²) in [6.07, 6.45) is 0. The molecule has 6 nitrogen and oxygen atoms in total. The average Bonchev–Trinajstić information content (AvgIpc) is 2.59. The van der Waals surface area contributed by atoms with E-state index < -0.39 is 0 Å². The Labute approximate surface area is 175 Å². The lowest BCUT2D eigenvalue weighted by Gasteiger charge is -2.25. The van der Waals surface area contributed by atoms with Crippen LogP contribution in [0.4, 0.5) is 5.69 Å². The zero-order chi connectivity index (χ0) is 18.8. The highest BCUT2D eigenvalue weighted by molar-refractivity contribution is 14.0. The first-order chi connectivity index (χ1) is 11.9. The van der Waals surface area contributed by atoms with Crippen LogP contribution >= 0.6 is 24.0 Å². The number of amides is 1. The fourth-order valence-corrected chi connectivity index (χ4v) is 2.49. The van der Waals surface area contributed by atoms with Gasteiger partial charge in [0.25, 0.3) is 0 Å². The Morgan fingerprint density at radius 1 is 1.04 bits per heavy atom. The highest BCUT2D eigenvalue weighted by atomic mass is 127. The van der Waals surface area contributed by atoms with Crippen LogP contribution in [0.5, 0.6) is 0 Å². The molecule has 1 rings (SSSR count). The number of hydrogen-bond donors (Lipinski definition) is 1. The summed E-state index contributed by atoms with van der Waals surface area (Å²) in [6.45, 7) is 9.16. The van der Waals surface area contributed by atoms with E-state index in [0.29, 0.717) is 13.1 Å². The van der Waals surface area contributed by atoms with Gasteiger partial charge in [-0.05, 0) is 38.5 Å². The molecule has 148 valence electrons. The van der Waals surface area contributed by atoms with E-state index in [2.05, 4.69) is 39.5 Å². The summed E-state index contributed by atoms with van der Waals surface area (Å²) in [6, 6.07) is 8.35. The minimum Gasteiger partial charge on any atom is -0.378 e. The summed E-state index contributed by atoms with van der Waals surface area (Å²) >= 11 is 0. The summed E-state index contributed by atoms with van der Waals surface area (Å²) < 4.78 is 0. The van der Waals surface area contributed by atoms with Crippen LogP contribution in [0.15, 0.2) is 29.3 Å². The van der Waals surface area contributed by atoms with Gasteiger partial charge in [0.2, 0.25) is 5.91 Å². The minimum absolute atomic E-state index is 0. The molecule has 0 saturated heterocycles. The highest BCUT2D eigenvalue weighted by Crippen LogP contribution is 2.12. The summed E-state index contributed by atoms with van der Waals surface area (Å²) in [4.78, 5) is 22.8. The molecule has 0 aliphatic carbocycles. The van der Waals surface area contributed by atoms with E-state index in [4.69, 9.17) is 0 Å². The molecule has 0 atom stereocenters. The van der Waals surface area contributed by atoms with E-state index in [0.717, 1.165) is 31.2 Å². The average molecular weight is 475 g/mol. The molecule has 0 radical (unpaired) electrons. The molecule has 7 heteroatoms. The summed E-state index contributed by atoms with van der Waals surface area (Å²) in [5.74, 6) is 0.869. The number of nitrogens with one attached hydrogen (secondary N) is 1. The van der Waals surface area contributed by atoms with Gasteiger partial charge in [0.15, 0.2) is 5.96 Å². The summed E-state index contributed by atoms with van der Waals surface area (Å²) in [5.41, 5.74) is 2.31. The van der Waals surface area contributed by atoms with Crippen molar-refractivity contribution in [2.24, 2.45) is 4.99 Å². The van der Waals surface area contributed by atoms with E-state index in [1.54, 1.807) is 0 Å². The Morgan fingerprint density at radius 3 is 2.08 bits per heavy atom. The van der Waals surface area contributed by atoms with Crippen molar-refractivity contribution in [2.75, 3.05) is 52.2 Å². The molecule has 0 bridgehead atoms. The zero-order valence-electron chi connectivity index (χ0n) is 17.0. The van der Waals surface area contributed by atoms with Gasteiger partial charge in [-0.3, -0.25) is 4.79 Å². The zero-order valence-corrected chi connectivity index (χ0v) is 19.3. The first kappa shape index (κ1) is 24.5. The highest BCUT2D eigenvalue weighted by Gasteiger charge is 2.14. The number of anilines is 1. The molecule has 0 aliphatic rings. The SMILES string of the molecule is CCNC(=NCc1ccc(N(C)C)cc1)N(C)CC(=O)N(CC)CC.I. The van der Waals surface area contributed by atoms with Crippen molar-refractivity contribution in [3.05, 3.63) is 29.8 Å². The number of rotatable bonds is 8. The first-order valence-electron chi connectivity index (χ1n) is 8.96. The third kappa shape index (κ3) is 7.80. The molecular weight excluding hydrogens is 441 g/mol. The van der Waals surface area contributed by atoms with Crippen LogP contribution in [0.1, 0.15) is 26.3 Å². The number of nitrogens with zero attached hydrogens (tertiary/aromatic N) is 4. The van der Waals surface area contributed by atoms with Crippen molar-refractivity contribution in [3.63, 3.8) is 0 Å². The van der Waals surface area contributed by atoms with Crippen LogP contribution in [-0.2, 0) is 11.3 Å². The van der Waals surface area contributed by atoms with E-state index in [9.17, 15) is 4.79 Å². The van der Waals surface area contributed by atoms with Gasteiger partial charge in [0.1, 0.15) is 0 Å². The summed E-state index contributed by atoms with van der Waals surface area (Å²) in [5, 5.41) is 3.26. The predicted molar refractivity (Wildman–Crippen MR) is 122 cm³/mol.